The van der Waals surface area contributed by atoms with E-state index in [1.54, 1.807) is 12.1 Å². The number of ether oxygens (including phenoxy) is 1. The van der Waals surface area contributed by atoms with Crippen molar-refractivity contribution in [2.24, 2.45) is 0 Å². The Balaban J connectivity index is 2.16. The van der Waals surface area contributed by atoms with E-state index in [1.807, 2.05) is 25.1 Å². The number of anilines is 1. The molecular weight excluding hydrogens is 292 g/mol. The first-order chi connectivity index (χ1) is 10.0. The number of nitro benzene ring substituents is 1. The highest BCUT2D eigenvalue weighted by Gasteiger charge is 2.15. The van der Waals surface area contributed by atoms with E-state index in [0.717, 1.165) is 11.1 Å². The topological polar surface area (TPSA) is 64.4 Å². The highest BCUT2D eigenvalue weighted by molar-refractivity contribution is 6.30. The number of benzene rings is 2. The number of aryl methyl sites for hydroxylation is 1. The lowest BCUT2D eigenvalue weighted by molar-refractivity contribution is -0.385. The van der Waals surface area contributed by atoms with Gasteiger partial charge < -0.3 is 10.1 Å². The summed E-state index contributed by atoms with van der Waals surface area (Å²) in [7, 11) is 1.41. The van der Waals surface area contributed by atoms with Crippen LogP contribution in [0.1, 0.15) is 11.1 Å². The van der Waals surface area contributed by atoms with Crippen LogP contribution in [0.3, 0.4) is 0 Å². The van der Waals surface area contributed by atoms with Gasteiger partial charge in [-0.2, -0.15) is 0 Å². The third-order valence-electron chi connectivity index (χ3n) is 3.16. The summed E-state index contributed by atoms with van der Waals surface area (Å²) in [6, 6.07) is 10.4. The molecule has 2 rings (SSSR count). The van der Waals surface area contributed by atoms with Crippen molar-refractivity contribution in [2.45, 2.75) is 13.5 Å². The zero-order valence-corrected chi connectivity index (χ0v) is 12.5. The minimum absolute atomic E-state index is 0.0599. The van der Waals surface area contributed by atoms with E-state index in [9.17, 15) is 10.1 Å². The summed E-state index contributed by atoms with van der Waals surface area (Å²) >= 11 is 5.91. The molecule has 0 spiro atoms. The van der Waals surface area contributed by atoms with Crippen LogP contribution < -0.4 is 10.1 Å². The second-order valence-electron chi connectivity index (χ2n) is 4.57. The molecule has 0 aliphatic rings. The average Bonchev–Trinajstić information content (AvgIpc) is 2.46. The summed E-state index contributed by atoms with van der Waals surface area (Å²) in [5.41, 5.74) is 2.75. The van der Waals surface area contributed by atoms with E-state index in [4.69, 9.17) is 16.3 Å². The van der Waals surface area contributed by atoms with Crippen LogP contribution in [-0.2, 0) is 6.54 Å². The molecule has 2 aromatic carbocycles. The van der Waals surface area contributed by atoms with Gasteiger partial charge in [0.05, 0.1) is 12.0 Å². The fourth-order valence-electron chi connectivity index (χ4n) is 2.00. The Morgan fingerprint density at radius 3 is 2.67 bits per heavy atom. The van der Waals surface area contributed by atoms with E-state index < -0.39 is 4.92 Å². The summed E-state index contributed by atoms with van der Waals surface area (Å²) in [5.74, 6) is 0.244. The van der Waals surface area contributed by atoms with Gasteiger partial charge in [0.2, 0.25) is 0 Å². The molecule has 0 aromatic heterocycles. The minimum Gasteiger partial charge on any atom is -0.490 e. The summed E-state index contributed by atoms with van der Waals surface area (Å²) in [6.07, 6.45) is 0. The van der Waals surface area contributed by atoms with Crippen molar-refractivity contribution in [1.29, 1.82) is 0 Å². The molecule has 0 aliphatic heterocycles. The summed E-state index contributed by atoms with van der Waals surface area (Å²) in [6.45, 7) is 2.53. The number of nitro groups is 1. The first-order valence-electron chi connectivity index (χ1n) is 6.32. The number of nitrogens with zero attached hydrogens (tertiary/aromatic N) is 1. The third-order valence-corrected chi connectivity index (χ3v) is 3.40. The zero-order chi connectivity index (χ0) is 15.4. The van der Waals surface area contributed by atoms with Crippen LogP contribution in [0, 0.1) is 17.0 Å². The molecule has 0 fully saturated rings. The van der Waals surface area contributed by atoms with Crippen LogP contribution in [0.5, 0.6) is 5.75 Å². The Hall–Kier alpha value is -2.27. The van der Waals surface area contributed by atoms with E-state index in [-0.39, 0.29) is 11.4 Å². The van der Waals surface area contributed by atoms with Gasteiger partial charge in [0, 0.05) is 23.3 Å². The molecule has 0 aliphatic carbocycles. The Morgan fingerprint density at radius 1 is 1.29 bits per heavy atom. The molecule has 5 nitrogen and oxygen atoms in total. The molecule has 0 saturated heterocycles. The van der Waals surface area contributed by atoms with Gasteiger partial charge in [-0.1, -0.05) is 17.7 Å². The second-order valence-corrected chi connectivity index (χ2v) is 5.00. The number of hydrogen-bond donors (Lipinski definition) is 1. The van der Waals surface area contributed by atoms with Crippen molar-refractivity contribution in [2.75, 3.05) is 12.4 Å². The minimum atomic E-state index is -0.461. The molecule has 0 unspecified atom stereocenters. The Kier molecular flexibility index (Phi) is 4.65. The normalized spacial score (nSPS) is 10.2. The lowest BCUT2D eigenvalue weighted by Crippen LogP contribution is -2.02. The fraction of sp³-hybridized carbons (Fsp3) is 0.200. The molecule has 1 N–H and O–H groups in total. The number of hydrogen-bond acceptors (Lipinski definition) is 4. The molecule has 0 heterocycles. The molecule has 0 amide bonds. The first kappa shape index (κ1) is 15.1. The molecular formula is C15H15ClN2O3. The van der Waals surface area contributed by atoms with Crippen molar-refractivity contribution in [3.63, 3.8) is 0 Å². The quantitative estimate of drug-likeness (QED) is 0.665. The van der Waals surface area contributed by atoms with Gasteiger partial charge in [-0.15, -0.1) is 0 Å². The number of nitrogens with one attached hydrogen (secondary N) is 1. The maximum Gasteiger partial charge on any atom is 0.312 e. The monoisotopic (exact) mass is 306 g/mol. The fourth-order valence-corrected chi connectivity index (χ4v) is 2.22. The first-order valence-corrected chi connectivity index (χ1v) is 6.70. The SMILES string of the molecule is COc1ccc(NCc2ccc(Cl)cc2C)cc1[N+](=O)[O-]. The van der Waals surface area contributed by atoms with E-state index in [0.29, 0.717) is 17.3 Å². The second kappa shape index (κ2) is 6.45. The molecule has 0 radical (unpaired) electrons. The molecule has 6 heteroatoms. The van der Waals surface area contributed by atoms with E-state index in [1.165, 1.54) is 13.2 Å². The molecule has 2 aromatic rings. The molecule has 110 valence electrons. The third kappa shape index (κ3) is 3.64. The molecule has 0 bridgehead atoms. The average molecular weight is 307 g/mol. The predicted octanol–water partition coefficient (Wildman–Crippen LogP) is 4.18. The maximum absolute atomic E-state index is 11.0. The van der Waals surface area contributed by atoms with Crippen molar-refractivity contribution < 1.29 is 9.66 Å². The highest BCUT2D eigenvalue weighted by atomic mass is 35.5. The Bertz CT molecular complexity index is 674. The highest BCUT2D eigenvalue weighted by Crippen LogP contribution is 2.30. The maximum atomic E-state index is 11.0. The smallest absolute Gasteiger partial charge is 0.312 e. The zero-order valence-electron chi connectivity index (χ0n) is 11.7. The standard InChI is InChI=1S/C15H15ClN2O3/c1-10-7-12(16)4-3-11(10)9-17-13-5-6-15(21-2)14(8-13)18(19)20/h3-8,17H,9H2,1-2H3. The van der Waals surface area contributed by atoms with Crippen LogP contribution in [0.2, 0.25) is 5.02 Å². The van der Waals surface area contributed by atoms with Gasteiger partial charge in [-0.25, -0.2) is 0 Å². The van der Waals surface area contributed by atoms with Gasteiger partial charge in [-0.3, -0.25) is 10.1 Å². The van der Waals surface area contributed by atoms with Crippen molar-refractivity contribution >= 4 is 23.0 Å². The van der Waals surface area contributed by atoms with Crippen LogP contribution >= 0.6 is 11.6 Å². The van der Waals surface area contributed by atoms with Crippen molar-refractivity contribution in [3.8, 4) is 5.75 Å². The van der Waals surface area contributed by atoms with Crippen molar-refractivity contribution in [3.05, 3.63) is 62.7 Å². The number of halogens is 1. The molecule has 0 saturated carbocycles. The van der Waals surface area contributed by atoms with Gasteiger partial charge >= 0.3 is 5.69 Å². The van der Waals surface area contributed by atoms with E-state index in [2.05, 4.69) is 5.32 Å². The van der Waals surface area contributed by atoms with Crippen LogP contribution in [0.15, 0.2) is 36.4 Å². The lowest BCUT2D eigenvalue weighted by atomic mass is 10.1. The van der Waals surface area contributed by atoms with Gasteiger partial charge in [0.1, 0.15) is 0 Å². The number of methoxy groups -OCH3 is 1. The summed E-state index contributed by atoms with van der Waals surface area (Å²) in [4.78, 5) is 10.5. The summed E-state index contributed by atoms with van der Waals surface area (Å²) < 4.78 is 4.97. The van der Waals surface area contributed by atoms with Crippen molar-refractivity contribution in [1.82, 2.24) is 0 Å². The summed E-state index contributed by atoms with van der Waals surface area (Å²) in [5, 5.41) is 14.8. The molecule has 0 atom stereocenters. The largest absolute Gasteiger partial charge is 0.490 e. The predicted molar refractivity (Wildman–Crippen MR) is 83.2 cm³/mol. The van der Waals surface area contributed by atoms with Gasteiger partial charge in [-0.05, 0) is 42.3 Å². The van der Waals surface area contributed by atoms with Crippen LogP contribution in [0.4, 0.5) is 11.4 Å². The molecule has 21 heavy (non-hydrogen) atoms. The van der Waals surface area contributed by atoms with Gasteiger partial charge in [0.25, 0.3) is 0 Å². The van der Waals surface area contributed by atoms with Crippen LogP contribution in [-0.4, -0.2) is 12.0 Å². The van der Waals surface area contributed by atoms with Gasteiger partial charge in [0.15, 0.2) is 5.75 Å². The Labute approximate surface area is 127 Å². The number of rotatable bonds is 5. The van der Waals surface area contributed by atoms with Crippen LogP contribution in [0.25, 0.3) is 0 Å². The van der Waals surface area contributed by atoms with E-state index >= 15 is 0 Å². The lowest BCUT2D eigenvalue weighted by Gasteiger charge is -2.10. The Morgan fingerprint density at radius 2 is 2.05 bits per heavy atom.